The van der Waals surface area contributed by atoms with Crippen molar-refractivity contribution in [1.29, 1.82) is 0 Å². The van der Waals surface area contributed by atoms with Crippen LogP contribution in [0.25, 0.3) is 11.1 Å². The Morgan fingerprint density at radius 1 is 0.776 bits per heavy atom. The van der Waals surface area contributed by atoms with Gasteiger partial charge in [-0.1, -0.05) is 61.5 Å². The largest absolute Gasteiger partial charge is 0.508 e. The number of piperidine rings is 1. The van der Waals surface area contributed by atoms with Crippen molar-refractivity contribution in [3.63, 3.8) is 0 Å². The Balaban J connectivity index is 0.795. The van der Waals surface area contributed by atoms with Crippen molar-refractivity contribution in [3.05, 3.63) is 125 Å². The fourth-order valence-corrected chi connectivity index (χ4v) is 8.59. The SMILES string of the molecule is CC/C(=C(/c1ccc(O)cc1)c1ccc(OCCN2CCN(C(=O)N3CCN(c4ccc5c(c4)CN(C4CCC(=O)NC4=O)C5=O)CC3)CC2)cc1)c1ccccc1. The van der Waals surface area contributed by atoms with E-state index in [1.165, 1.54) is 11.1 Å². The summed E-state index contributed by atoms with van der Waals surface area (Å²) in [6.45, 7) is 9.36. The lowest BCUT2D eigenvalue weighted by molar-refractivity contribution is -0.136. The van der Waals surface area contributed by atoms with Crippen LogP contribution in [0.4, 0.5) is 10.5 Å². The van der Waals surface area contributed by atoms with Gasteiger partial charge in [-0.2, -0.15) is 0 Å². The van der Waals surface area contributed by atoms with Crippen LogP contribution in [-0.2, 0) is 16.1 Å². The third-order valence-electron chi connectivity index (χ3n) is 11.8. The molecule has 4 aliphatic heterocycles. The van der Waals surface area contributed by atoms with Crippen LogP contribution in [0.2, 0.25) is 0 Å². The number of benzene rings is 4. The van der Waals surface area contributed by atoms with Gasteiger partial charge < -0.3 is 29.4 Å². The molecule has 0 spiro atoms. The number of rotatable bonds is 10. The first-order chi connectivity index (χ1) is 28.2. The molecule has 4 heterocycles. The van der Waals surface area contributed by atoms with Crippen LogP contribution in [0.1, 0.15) is 58.8 Å². The van der Waals surface area contributed by atoms with E-state index >= 15 is 0 Å². The van der Waals surface area contributed by atoms with Crippen molar-refractivity contribution in [2.75, 3.05) is 70.4 Å². The van der Waals surface area contributed by atoms with E-state index in [1.54, 1.807) is 17.0 Å². The first-order valence-electron chi connectivity index (χ1n) is 20.4. The molecule has 12 nitrogen and oxygen atoms in total. The van der Waals surface area contributed by atoms with Gasteiger partial charge >= 0.3 is 6.03 Å². The molecule has 4 aromatic carbocycles. The van der Waals surface area contributed by atoms with E-state index < -0.39 is 11.9 Å². The molecule has 8 rings (SSSR count). The van der Waals surface area contributed by atoms with Crippen molar-refractivity contribution in [1.82, 2.24) is 24.9 Å². The predicted molar refractivity (Wildman–Crippen MR) is 222 cm³/mol. The molecule has 3 saturated heterocycles. The van der Waals surface area contributed by atoms with Crippen LogP contribution in [0.15, 0.2) is 97.1 Å². The fraction of sp³-hybridized carbons (Fsp3) is 0.348. The number of hydrogen-bond acceptors (Lipinski definition) is 8. The molecular weight excluding hydrogens is 733 g/mol. The van der Waals surface area contributed by atoms with E-state index in [2.05, 4.69) is 58.4 Å². The van der Waals surface area contributed by atoms with E-state index in [1.807, 2.05) is 58.3 Å². The second kappa shape index (κ2) is 17.2. The maximum atomic E-state index is 13.5. The third-order valence-corrected chi connectivity index (χ3v) is 11.8. The van der Waals surface area contributed by atoms with E-state index in [9.17, 15) is 24.3 Å². The average Bonchev–Trinajstić information content (AvgIpc) is 3.58. The number of phenols is 1. The number of hydrogen-bond donors (Lipinski definition) is 2. The summed E-state index contributed by atoms with van der Waals surface area (Å²) in [5.74, 6) is 0.165. The first kappa shape index (κ1) is 38.7. The van der Waals surface area contributed by atoms with Crippen LogP contribution < -0.4 is 15.0 Å². The third kappa shape index (κ3) is 8.29. The van der Waals surface area contributed by atoms with Gasteiger partial charge in [-0.25, -0.2) is 4.79 Å². The van der Waals surface area contributed by atoms with Crippen LogP contribution in [0.3, 0.4) is 0 Å². The maximum absolute atomic E-state index is 13.5. The number of allylic oxidation sites excluding steroid dienone is 1. The standard InChI is InChI=1S/C46H50N6O6/c1-2-39(32-6-4-3-5-7-32)43(33-8-13-37(53)14-9-33)34-10-15-38(16-11-34)58-29-28-48-20-22-50(23-21-48)46(57)51-26-24-49(25-27-51)36-12-17-40-35(30-36)31-52(45(40)56)41-18-19-42(54)47-44(41)55/h3-17,30,41,53H,2,18-29,31H2,1H3,(H,47,54,55)/b43-39+. The summed E-state index contributed by atoms with van der Waals surface area (Å²) < 4.78 is 6.19. The number of piperazine rings is 2. The molecule has 1 atom stereocenters. The molecule has 3 fully saturated rings. The Morgan fingerprint density at radius 3 is 2.09 bits per heavy atom. The highest BCUT2D eigenvalue weighted by atomic mass is 16.5. The van der Waals surface area contributed by atoms with Gasteiger partial charge in [-0.05, 0) is 88.7 Å². The summed E-state index contributed by atoms with van der Waals surface area (Å²) in [5.41, 5.74) is 8.15. The lowest BCUT2D eigenvalue weighted by Gasteiger charge is -2.41. The van der Waals surface area contributed by atoms with Crippen LogP contribution >= 0.6 is 0 Å². The number of fused-ring (bicyclic) bond motifs is 1. The van der Waals surface area contributed by atoms with Gasteiger partial charge in [0, 0.05) is 83.1 Å². The number of imide groups is 1. The maximum Gasteiger partial charge on any atom is 0.320 e. The molecule has 0 bridgehead atoms. The van der Waals surface area contributed by atoms with Gasteiger partial charge in [0.25, 0.3) is 5.91 Å². The summed E-state index contributed by atoms with van der Waals surface area (Å²) in [6, 6.07) is 31.3. The number of urea groups is 1. The van der Waals surface area contributed by atoms with E-state index in [0.717, 1.165) is 59.8 Å². The Labute approximate surface area is 339 Å². The summed E-state index contributed by atoms with van der Waals surface area (Å²) >= 11 is 0. The van der Waals surface area contributed by atoms with E-state index in [4.69, 9.17) is 4.74 Å². The van der Waals surface area contributed by atoms with E-state index in [-0.39, 0.29) is 30.0 Å². The predicted octanol–water partition coefficient (Wildman–Crippen LogP) is 5.46. The highest BCUT2D eigenvalue weighted by molar-refractivity contribution is 6.05. The molecule has 12 heteroatoms. The van der Waals surface area contributed by atoms with E-state index in [0.29, 0.717) is 64.4 Å². The average molecular weight is 783 g/mol. The number of nitrogens with zero attached hydrogens (tertiary/aromatic N) is 5. The molecule has 2 N–H and O–H groups in total. The minimum atomic E-state index is -0.634. The van der Waals surface area contributed by atoms with Crippen molar-refractivity contribution >= 4 is 40.6 Å². The Morgan fingerprint density at radius 2 is 1.43 bits per heavy atom. The summed E-state index contributed by atoms with van der Waals surface area (Å²) in [6.07, 6.45) is 1.42. The number of aromatic hydroxyl groups is 1. The lowest BCUT2D eigenvalue weighted by Crippen LogP contribution is -2.57. The smallest absolute Gasteiger partial charge is 0.320 e. The topological polar surface area (TPSA) is 126 Å². The molecule has 0 radical (unpaired) electrons. The molecule has 0 aliphatic carbocycles. The van der Waals surface area contributed by atoms with Gasteiger partial charge in [-0.15, -0.1) is 0 Å². The minimum Gasteiger partial charge on any atom is -0.508 e. The zero-order valence-corrected chi connectivity index (χ0v) is 32.9. The Hall–Kier alpha value is -6.14. The number of amides is 5. The van der Waals surface area contributed by atoms with Crippen molar-refractivity contribution in [2.45, 2.75) is 38.8 Å². The van der Waals surface area contributed by atoms with Crippen molar-refractivity contribution in [3.8, 4) is 11.5 Å². The number of phenolic OH excluding ortho intramolecular Hbond substituents is 1. The van der Waals surface area contributed by atoms with Gasteiger partial charge in [0.05, 0.1) is 0 Å². The molecule has 5 amide bonds. The quantitative estimate of drug-likeness (QED) is 0.161. The summed E-state index contributed by atoms with van der Waals surface area (Å²) in [7, 11) is 0. The number of ether oxygens (including phenoxy) is 1. The Kier molecular flexibility index (Phi) is 11.5. The van der Waals surface area contributed by atoms with Gasteiger partial charge in [0.1, 0.15) is 24.1 Å². The molecule has 0 saturated carbocycles. The number of anilines is 1. The highest BCUT2D eigenvalue weighted by Gasteiger charge is 2.39. The van der Waals surface area contributed by atoms with Crippen LogP contribution in [0.5, 0.6) is 11.5 Å². The van der Waals surface area contributed by atoms with Crippen LogP contribution in [-0.4, -0.2) is 120 Å². The van der Waals surface area contributed by atoms with Crippen molar-refractivity contribution in [2.24, 2.45) is 0 Å². The normalized spacial score (nSPS) is 19.2. The van der Waals surface area contributed by atoms with Gasteiger partial charge in [-0.3, -0.25) is 24.6 Å². The number of carbonyl (C=O) groups is 4. The zero-order valence-electron chi connectivity index (χ0n) is 32.9. The second-order valence-corrected chi connectivity index (χ2v) is 15.3. The molecule has 58 heavy (non-hydrogen) atoms. The van der Waals surface area contributed by atoms with Crippen molar-refractivity contribution < 1.29 is 29.0 Å². The Bertz CT molecular complexity index is 2170. The summed E-state index contributed by atoms with van der Waals surface area (Å²) in [4.78, 5) is 60.8. The molecule has 1 unspecified atom stereocenters. The molecule has 300 valence electrons. The van der Waals surface area contributed by atoms with Gasteiger partial charge in [0.2, 0.25) is 11.8 Å². The zero-order chi connectivity index (χ0) is 40.2. The summed E-state index contributed by atoms with van der Waals surface area (Å²) in [5, 5.41) is 12.3. The second-order valence-electron chi connectivity index (χ2n) is 15.3. The monoisotopic (exact) mass is 782 g/mol. The molecule has 4 aliphatic rings. The van der Waals surface area contributed by atoms with Crippen LogP contribution in [0, 0.1) is 0 Å². The molecule has 4 aromatic rings. The minimum absolute atomic E-state index is 0.0780. The molecule has 0 aromatic heterocycles. The first-order valence-corrected chi connectivity index (χ1v) is 20.4. The highest BCUT2D eigenvalue weighted by Crippen LogP contribution is 2.36. The van der Waals surface area contributed by atoms with Gasteiger partial charge in [0.15, 0.2) is 0 Å². The fourth-order valence-electron chi connectivity index (χ4n) is 8.59. The molecular formula is C46H50N6O6. The number of carbonyl (C=O) groups excluding carboxylic acids is 4. The number of nitrogens with one attached hydrogen (secondary N) is 1. The lowest BCUT2D eigenvalue weighted by atomic mass is 9.88.